The molecule has 0 saturated heterocycles. The van der Waals surface area contributed by atoms with Gasteiger partial charge in [0.2, 0.25) is 0 Å². The number of anilines is 1. The zero-order valence-corrected chi connectivity index (χ0v) is 20.8. The zero-order chi connectivity index (χ0) is 24.8. The number of hydrogen-bond donors (Lipinski definition) is 1. The molecule has 0 amide bonds. The van der Waals surface area contributed by atoms with Crippen LogP contribution in [0.2, 0.25) is 0 Å². The molecule has 2 radical (unpaired) electrons. The maximum absolute atomic E-state index is 11.5. The van der Waals surface area contributed by atoms with Crippen molar-refractivity contribution >= 4 is 21.4 Å². The molecule has 1 aliphatic rings. The lowest BCUT2D eigenvalue weighted by molar-refractivity contribution is 0.483. The predicted molar refractivity (Wildman–Crippen MR) is 143 cm³/mol. The average Bonchev–Trinajstić information content (AvgIpc) is 2.88. The first-order valence-electron chi connectivity index (χ1n) is 11.7. The van der Waals surface area contributed by atoms with Crippen molar-refractivity contribution in [1.29, 1.82) is 0 Å². The van der Waals surface area contributed by atoms with Gasteiger partial charge in [-0.25, -0.2) is 0 Å². The molecule has 4 rings (SSSR count). The fourth-order valence-electron chi connectivity index (χ4n) is 4.23. The van der Waals surface area contributed by atoms with E-state index in [1.165, 1.54) is 23.3 Å². The fourth-order valence-corrected chi connectivity index (χ4v) is 4.78. The van der Waals surface area contributed by atoms with Crippen molar-refractivity contribution in [2.45, 2.75) is 31.7 Å². The largest absolute Gasteiger partial charge is 0.367 e. The van der Waals surface area contributed by atoms with Crippen molar-refractivity contribution in [3.8, 4) is 0 Å². The van der Waals surface area contributed by atoms with Crippen LogP contribution in [0, 0.1) is 6.42 Å². The second-order valence-electron chi connectivity index (χ2n) is 8.38. The van der Waals surface area contributed by atoms with Crippen LogP contribution in [-0.4, -0.2) is 19.5 Å². The van der Waals surface area contributed by atoms with Crippen LogP contribution >= 0.6 is 0 Å². The third-order valence-corrected chi connectivity index (χ3v) is 6.92. The Morgan fingerprint density at radius 1 is 0.914 bits per heavy atom. The topological polar surface area (TPSA) is 57.6 Å². The maximum Gasteiger partial charge on any atom is 0.294 e. The summed E-state index contributed by atoms with van der Waals surface area (Å²) >= 11 is 0. The molecule has 3 aromatic carbocycles. The van der Waals surface area contributed by atoms with Crippen LogP contribution < -0.4 is 4.90 Å². The quantitative estimate of drug-likeness (QED) is 0.360. The second-order valence-corrected chi connectivity index (χ2v) is 9.80. The molecule has 0 aliphatic heterocycles. The van der Waals surface area contributed by atoms with Crippen molar-refractivity contribution in [3.05, 3.63) is 131 Å². The van der Waals surface area contributed by atoms with E-state index in [-0.39, 0.29) is 4.90 Å². The molecule has 4 nitrogen and oxygen atoms in total. The fraction of sp³-hybridized carbons (Fsp3) is 0.167. The Kier molecular flexibility index (Phi) is 7.69. The summed E-state index contributed by atoms with van der Waals surface area (Å²) in [4.78, 5) is 2.08. The highest BCUT2D eigenvalue weighted by atomic mass is 32.2. The van der Waals surface area contributed by atoms with Crippen LogP contribution in [0.3, 0.4) is 0 Å². The van der Waals surface area contributed by atoms with Crippen molar-refractivity contribution in [3.63, 3.8) is 0 Å². The number of allylic oxidation sites excluding steroid dienone is 5. The van der Waals surface area contributed by atoms with Gasteiger partial charge in [0.1, 0.15) is 0 Å². The third kappa shape index (κ3) is 5.99. The van der Waals surface area contributed by atoms with Crippen LogP contribution in [0.25, 0.3) is 5.57 Å². The first-order valence-corrected chi connectivity index (χ1v) is 13.2. The summed E-state index contributed by atoms with van der Waals surface area (Å²) in [6, 6.07) is 25.3. The van der Waals surface area contributed by atoms with Gasteiger partial charge in [0.05, 0.1) is 4.90 Å². The smallest absolute Gasteiger partial charge is 0.294 e. The minimum absolute atomic E-state index is 0.0879. The SMILES string of the molecule is CCC1=CC(=C(c2ccccc2)c2ccc(N(CC)Cc3cccc(S(=O)(=O)O)c3)cc2)C=C[C]1. The van der Waals surface area contributed by atoms with Crippen molar-refractivity contribution in [2.75, 3.05) is 11.4 Å². The number of nitrogens with zero attached hydrogens (tertiary/aromatic N) is 1. The van der Waals surface area contributed by atoms with Gasteiger partial charge in [0, 0.05) is 25.2 Å². The van der Waals surface area contributed by atoms with Gasteiger partial charge in [0.15, 0.2) is 0 Å². The van der Waals surface area contributed by atoms with Gasteiger partial charge in [-0.05, 0) is 65.4 Å². The van der Waals surface area contributed by atoms with Gasteiger partial charge < -0.3 is 4.90 Å². The summed E-state index contributed by atoms with van der Waals surface area (Å²) in [5.41, 5.74) is 7.64. The highest BCUT2D eigenvalue weighted by molar-refractivity contribution is 7.85. The Labute approximate surface area is 208 Å². The Balaban J connectivity index is 1.67. The van der Waals surface area contributed by atoms with Crippen molar-refractivity contribution < 1.29 is 13.0 Å². The van der Waals surface area contributed by atoms with Crippen molar-refractivity contribution in [2.24, 2.45) is 0 Å². The molecule has 0 aromatic heterocycles. The minimum Gasteiger partial charge on any atom is -0.367 e. The minimum atomic E-state index is -4.23. The highest BCUT2D eigenvalue weighted by Gasteiger charge is 2.14. The van der Waals surface area contributed by atoms with Gasteiger partial charge in [0.25, 0.3) is 10.1 Å². The van der Waals surface area contributed by atoms with E-state index in [1.807, 2.05) is 18.2 Å². The Morgan fingerprint density at radius 3 is 2.29 bits per heavy atom. The molecule has 5 heteroatoms. The first kappa shape index (κ1) is 24.7. The molecule has 0 spiro atoms. The molecule has 0 saturated carbocycles. The molecule has 0 bridgehead atoms. The molecule has 0 heterocycles. The van der Waals surface area contributed by atoms with Crippen LogP contribution in [0.1, 0.15) is 37.0 Å². The van der Waals surface area contributed by atoms with E-state index >= 15 is 0 Å². The standard InChI is InChI=1S/C30H29NO3S/c1-3-23-10-8-14-27(20-23)30(25-12-6-5-7-13-25)26-16-18-28(19-17-26)31(4-2)22-24-11-9-15-29(21-24)35(32,33)34/h5-9,11-21H,3-4,22H2,1-2H3,(H,32,33,34). The summed E-state index contributed by atoms with van der Waals surface area (Å²) in [6.45, 7) is 5.48. The van der Waals surface area contributed by atoms with E-state index in [0.29, 0.717) is 6.54 Å². The first-order chi connectivity index (χ1) is 16.9. The number of hydrogen-bond acceptors (Lipinski definition) is 3. The van der Waals surface area contributed by atoms with Gasteiger partial charge in [-0.1, -0.05) is 85.3 Å². The molecule has 0 fully saturated rings. The van der Waals surface area contributed by atoms with Gasteiger partial charge >= 0.3 is 0 Å². The molecule has 3 aromatic rings. The van der Waals surface area contributed by atoms with Gasteiger partial charge in [-0.3, -0.25) is 4.55 Å². The van der Waals surface area contributed by atoms with E-state index in [1.54, 1.807) is 6.07 Å². The van der Waals surface area contributed by atoms with Gasteiger partial charge in [-0.15, -0.1) is 0 Å². The van der Waals surface area contributed by atoms with Gasteiger partial charge in [-0.2, -0.15) is 8.42 Å². The molecule has 0 unspecified atom stereocenters. The number of benzene rings is 3. The summed E-state index contributed by atoms with van der Waals surface area (Å²) in [5, 5.41) is 0. The molecule has 35 heavy (non-hydrogen) atoms. The average molecular weight is 484 g/mol. The highest BCUT2D eigenvalue weighted by Crippen LogP contribution is 2.32. The van der Waals surface area contributed by atoms with Crippen LogP contribution in [0.15, 0.2) is 113 Å². The molecule has 178 valence electrons. The van der Waals surface area contributed by atoms with E-state index < -0.39 is 10.1 Å². The lowest BCUT2D eigenvalue weighted by Gasteiger charge is -2.24. The van der Waals surface area contributed by atoms with Crippen LogP contribution in [0.4, 0.5) is 5.69 Å². The molecule has 0 atom stereocenters. The summed E-state index contributed by atoms with van der Waals surface area (Å²) in [6.07, 6.45) is 10.5. The third-order valence-electron chi connectivity index (χ3n) is 6.07. The summed E-state index contributed by atoms with van der Waals surface area (Å²) in [7, 11) is -4.23. The number of rotatable bonds is 8. The Bertz CT molecular complexity index is 1370. The van der Waals surface area contributed by atoms with Crippen LogP contribution in [0.5, 0.6) is 0 Å². The van der Waals surface area contributed by atoms with Crippen LogP contribution in [-0.2, 0) is 16.7 Å². The second kappa shape index (κ2) is 10.9. The normalized spacial score (nSPS) is 15.0. The van der Waals surface area contributed by atoms with E-state index in [0.717, 1.165) is 40.9 Å². The molecular weight excluding hydrogens is 454 g/mol. The molecular formula is C30H29NO3S. The van der Waals surface area contributed by atoms with E-state index in [4.69, 9.17) is 0 Å². The maximum atomic E-state index is 11.5. The summed E-state index contributed by atoms with van der Waals surface area (Å²) < 4.78 is 32.4. The van der Waals surface area contributed by atoms with Crippen molar-refractivity contribution in [1.82, 2.24) is 0 Å². The Hall–Kier alpha value is -3.41. The monoisotopic (exact) mass is 483 g/mol. The van der Waals surface area contributed by atoms with E-state index in [2.05, 4.69) is 85.9 Å². The lowest BCUT2D eigenvalue weighted by atomic mass is 9.89. The van der Waals surface area contributed by atoms with E-state index in [9.17, 15) is 13.0 Å². The molecule has 1 aliphatic carbocycles. The lowest BCUT2D eigenvalue weighted by Crippen LogP contribution is -2.22. The molecule has 1 N–H and O–H groups in total. The summed E-state index contributed by atoms with van der Waals surface area (Å²) in [5.74, 6) is 0. The zero-order valence-electron chi connectivity index (χ0n) is 20.0. The predicted octanol–water partition coefficient (Wildman–Crippen LogP) is 6.75. The Morgan fingerprint density at radius 2 is 1.63 bits per heavy atom.